The molecule has 8 heteroatoms. The number of halogens is 1. The van der Waals surface area contributed by atoms with Crippen LogP contribution >= 0.6 is 23.4 Å². The number of anilines is 1. The van der Waals surface area contributed by atoms with Gasteiger partial charge in [-0.3, -0.25) is 4.79 Å². The number of rotatable bonds is 12. The second kappa shape index (κ2) is 12.6. The maximum Gasteiger partial charge on any atom is 0.251 e. The summed E-state index contributed by atoms with van der Waals surface area (Å²) in [5.41, 5.74) is 1.70. The zero-order chi connectivity index (χ0) is 22.8. The highest BCUT2D eigenvalue weighted by Gasteiger charge is 2.13. The summed E-state index contributed by atoms with van der Waals surface area (Å²) in [4.78, 5) is 25.9. The van der Waals surface area contributed by atoms with Crippen LogP contribution in [0.3, 0.4) is 0 Å². The van der Waals surface area contributed by atoms with Crippen LogP contribution in [-0.2, 0) is 5.75 Å². The summed E-state index contributed by atoms with van der Waals surface area (Å²) in [6.45, 7) is 12.7. The molecule has 0 aliphatic carbocycles. The SMILES string of the molecule is C=CCN(CC=C)c1cc(Cl)nc(SCc2cccc(C(=O)NCCN3CCCC3)c2)n1. The molecule has 1 fully saturated rings. The van der Waals surface area contributed by atoms with Crippen molar-refractivity contribution < 1.29 is 4.79 Å². The van der Waals surface area contributed by atoms with Crippen molar-refractivity contribution in [1.82, 2.24) is 20.2 Å². The second-order valence-corrected chi connectivity index (χ2v) is 8.94. The van der Waals surface area contributed by atoms with Gasteiger partial charge < -0.3 is 15.1 Å². The lowest BCUT2D eigenvalue weighted by Crippen LogP contribution is -2.33. The molecule has 1 aromatic heterocycles. The number of hydrogen-bond donors (Lipinski definition) is 1. The van der Waals surface area contributed by atoms with Crippen LogP contribution in [0.2, 0.25) is 5.15 Å². The lowest BCUT2D eigenvalue weighted by molar-refractivity contribution is 0.0949. The average molecular weight is 472 g/mol. The predicted octanol–water partition coefficient (Wildman–Crippen LogP) is 4.43. The van der Waals surface area contributed by atoms with E-state index in [-0.39, 0.29) is 5.91 Å². The number of thioether (sulfide) groups is 1. The third-order valence-corrected chi connectivity index (χ3v) is 6.27. The van der Waals surface area contributed by atoms with E-state index in [1.54, 1.807) is 6.07 Å². The van der Waals surface area contributed by atoms with E-state index < -0.39 is 0 Å². The Morgan fingerprint density at radius 1 is 1.19 bits per heavy atom. The van der Waals surface area contributed by atoms with Gasteiger partial charge in [0.25, 0.3) is 5.91 Å². The van der Waals surface area contributed by atoms with Crippen LogP contribution < -0.4 is 10.2 Å². The molecule has 1 aliphatic heterocycles. The third-order valence-electron chi connectivity index (χ3n) is 5.15. The van der Waals surface area contributed by atoms with Gasteiger partial charge in [0.1, 0.15) is 11.0 Å². The lowest BCUT2D eigenvalue weighted by Gasteiger charge is -2.20. The highest BCUT2D eigenvalue weighted by Crippen LogP contribution is 2.25. The Bertz CT molecular complexity index is 922. The molecule has 1 aliphatic rings. The first-order valence-electron chi connectivity index (χ1n) is 10.8. The Balaban J connectivity index is 1.58. The molecule has 32 heavy (non-hydrogen) atoms. The van der Waals surface area contributed by atoms with Gasteiger partial charge in [-0.2, -0.15) is 0 Å². The number of aromatic nitrogens is 2. The molecule has 1 aromatic carbocycles. The van der Waals surface area contributed by atoms with Crippen molar-refractivity contribution in [3.05, 3.63) is 71.9 Å². The average Bonchev–Trinajstić information content (AvgIpc) is 3.31. The number of carbonyl (C=O) groups is 1. The van der Waals surface area contributed by atoms with Gasteiger partial charge in [0.15, 0.2) is 5.16 Å². The Kier molecular flexibility index (Phi) is 9.59. The smallest absolute Gasteiger partial charge is 0.251 e. The van der Waals surface area contributed by atoms with Crippen molar-refractivity contribution in [3.8, 4) is 0 Å². The monoisotopic (exact) mass is 471 g/mol. The fraction of sp³-hybridized carbons (Fsp3) is 0.375. The molecular weight excluding hydrogens is 442 g/mol. The topological polar surface area (TPSA) is 61.4 Å². The molecule has 1 saturated heterocycles. The van der Waals surface area contributed by atoms with Crippen molar-refractivity contribution >= 4 is 35.1 Å². The maximum atomic E-state index is 12.5. The summed E-state index contributed by atoms with van der Waals surface area (Å²) in [7, 11) is 0. The van der Waals surface area contributed by atoms with Gasteiger partial charge in [0, 0.05) is 43.6 Å². The summed E-state index contributed by atoms with van der Waals surface area (Å²) >= 11 is 7.73. The molecule has 170 valence electrons. The van der Waals surface area contributed by atoms with Crippen molar-refractivity contribution in [2.45, 2.75) is 23.8 Å². The summed E-state index contributed by atoms with van der Waals surface area (Å²) in [5.74, 6) is 1.33. The Labute approximate surface area is 199 Å². The van der Waals surface area contributed by atoms with Crippen molar-refractivity contribution in [3.63, 3.8) is 0 Å². The first-order valence-corrected chi connectivity index (χ1v) is 12.2. The molecule has 0 atom stereocenters. The minimum Gasteiger partial charge on any atom is -0.351 e. The first-order chi connectivity index (χ1) is 15.6. The Morgan fingerprint density at radius 2 is 1.94 bits per heavy atom. The Morgan fingerprint density at radius 3 is 2.66 bits per heavy atom. The van der Waals surface area contributed by atoms with E-state index in [4.69, 9.17) is 11.6 Å². The van der Waals surface area contributed by atoms with Gasteiger partial charge in [0.05, 0.1) is 0 Å². The van der Waals surface area contributed by atoms with E-state index in [0.29, 0.717) is 41.3 Å². The van der Waals surface area contributed by atoms with E-state index >= 15 is 0 Å². The minimum absolute atomic E-state index is 0.0400. The van der Waals surface area contributed by atoms with E-state index in [9.17, 15) is 4.79 Å². The highest BCUT2D eigenvalue weighted by molar-refractivity contribution is 7.98. The molecule has 0 bridgehead atoms. The zero-order valence-electron chi connectivity index (χ0n) is 18.3. The van der Waals surface area contributed by atoms with Crippen LogP contribution in [0.5, 0.6) is 0 Å². The number of likely N-dealkylation sites (tertiary alicyclic amines) is 1. The van der Waals surface area contributed by atoms with E-state index in [1.807, 2.05) is 41.3 Å². The van der Waals surface area contributed by atoms with Gasteiger partial charge in [-0.15, -0.1) is 13.2 Å². The van der Waals surface area contributed by atoms with Gasteiger partial charge in [-0.25, -0.2) is 9.97 Å². The molecule has 0 unspecified atom stereocenters. The van der Waals surface area contributed by atoms with Gasteiger partial charge in [0.2, 0.25) is 0 Å². The number of carbonyl (C=O) groups excluding carboxylic acids is 1. The van der Waals surface area contributed by atoms with Crippen LogP contribution in [0.1, 0.15) is 28.8 Å². The van der Waals surface area contributed by atoms with E-state index in [1.165, 1.54) is 24.6 Å². The van der Waals surface area contributed by atoms with Gasteiger partial charge >= 0.3 is 0 Å². The van der Waals surface area contributed by atoms with Crippen molar-refractivity contribution in [2.75, 3.05) is 44.2 Å². The summed E-state index contributed by atoms with van der Waals surface area (Å²) < 4.78 is 0. The number of amides is 1. The molecule has 2 aromatic rings. The molecule has 1 N–H and O–H groups in total. The van der Waals surface area contributed by atoms with Crippen molar-refractivity contribution in [1.29, 1.82) is 0 Å². The standard InChI is InChI=1S/C24H30ClN5OS/c1-3-11-30(12-4-2)22-17-21(25)27-24(28-22)32-18-19-8-7-9-20(16-19)23(31)26-10-15-29-13-5-6-14-29/h3-4,7-9,16-17H,1-2,5-6,10-15,18H2,(H,26,31). The fourth-order valence-corrected chi connectivity index (χ4v) is 4.60. The van der Waals surface area contributed by atoms with Crippen LogP contribution in [0.4, 0.5) is 5.82 Å². The number of benzene rings is 1. The molecule has 0 spiro atoms. The zero-order valence-corrected chi connectivity index (χ0v) is 19.9. The van der Waals surface area contributed by atoms with Crippen molar-refractivity contribution in [2.24, 2.45) is 0 Å². The fourth-order valence-electron chi connectivity index (χ4n) is 3.57. The number of nitrogens with zero attached hydrogens (tertiary/aromatic N) is 4. The summed E-state index contributed by atoms with van der Waals surface area (Å²) in [5, 5.41) is 4.01. The van der Waals surface area contributed by atoms with Crippen LogP contribution in [0.25, 0.3) is 0 Å². The van der Waals surface area contributed by atoms with Gasteiger partial charge in [-0.05, 0) is 43.6 Å². The second-order valence-electron chi connectivity index (χ2n) is 7.61. The third kappa shape index (κ3) is 7.36. The van der Waals surface area contributed by atoms with Crippen LogP contribution in [0.15, 0.2) is 60.8 Å². The molecule has 0 saturated carbocycles. The van der Waals surface area contributed by atoms with Gasteiger partial charge in [-0.1, -0.05) is 47.6 Å². The molecule has 0 radical (unpaired) electrons. The van der Waals surface area contributed by atoms with Crippen LogP contribution in [0, 0.1) is 0 Å². The minimum atomic E-state index is -0.0400. The molecule has 2 heterocycles. The Hall–Kier alpha value is -2.35. The molecule has 3 rings (SSSR count). The maximum absolute atomic E-state index is 12.5. The molecule has 1 amide bonds. The van der Waals surface area contributed by atoms with E-state index in [2.05, 4.69) is 33.3 Å². The number of nitrogens with one attached hydrogen (secondary N) is 1. The predicted molar refractivity (Wildman–Crippen MR) is 134 cm³/mol. The summed E-state index contributed by atoms with van der Waals surface area (Å²) in [6, 6.07) is 9.42. The van der Waals surface area contributed by atoms with Crippen LogP contribution in [-0.4, -0.2) is 60.0 Å². The summed E-state index contributed by atoms with van der Waals surface area (Å²) in [6.07, 6.45) is 6.14. The molecular formula is C24H30ClN5OS. The quantitative estimate of drug-likeness (QED) is 0.214. The number of hydrogen-bond acceptors (Lipinski definition) is 6. The first kappa shape index (κ1) is 24.3. The highest BCUT2D eigenvalue weighted by atomic mass is 35.5. The normalized spacial score (nSPS) is 13.7. The largest absolute Gasteiger partial charge is 0.351 e. The van der Waals surface area contributed by atoms with E-state index in [0.717, 1.165) is 31.0 Å². The lowest BCUT2D eigenvalue weighted by atomic mass is 10.1. The molecule has 6 nitrogen and oxygen atoms in total.